The fourth-order valence-corrected chi connectivity index (χ4v) is 4.85. The van der Waals surface area contributed by atoms with Crippen LogP contribution in [0.3, 0.4) is 0 Å². The maximum atomic E-state index is 4.72. The molecule has 2 unspecified atom stereocenters. The lowest BCUT2D eigenvalue weighted by atomic mass is 9.97. The molecule has 1 aliphatic rings. The van der Waals surface area contributed by atoms with E-state index in [1.807, 2.05) is 6.20 Å². The lowest BCUT2D eigenvalue weighted by Gasteiger charge is -2.14. The van der Waals surface area contributed by atoms with Gasteiger partial charge >= 0.3 is 0 Å². The summed E-state index contributed by atoms with van der Waals surface area (Å²) in [6.07, 6.45) is 13.5. The summed E-state index contributed by atoms with van der Waals surface area (Å²) >= 11 is 0. The Kier molecular flexibility index (Phi) is 3.82. The third kappa shape index (κ3) is 2.95. The number of aryl methyl sites for hydroxylation is 1. The second-order valence-electron chi connectivity index (χ2n) is 8.18. The molecule has 1 N–H and O–H groups in total. The summed E-state index contributed by atoms with van der Waals surface area (Å²) in [5, 5.41) is 2.28. The van der Waals surface area contributed by atoms with Crippen LogP contribution in [0.1, 0.15) is 37.3 Å². The smallest absolute Gasteiger partial charge is 0.157 e. The average molecular weight is 382 g/mol. The molecule has 0 saturated heterocycles. The first-order chi connectivity index (χ1) is 14.3. The van der Waals surface area contributed by atoms with Gasteiger partial charge in [0, 0.05) is 29.2 Å². The topological polar surface area (TPSA) is 72.3 Å². The number of aromatic amines is 1. The van der Waals surface area contributed by atoms with Crippen molar-refractivity contribution in [2.75, 3.05) is 0 Å². The molecule has 1 aromatic carbocycles. The zero-order chi connectivity index (χ0) is 19.2. The van der Waals surface area contributed by atoms with Gasteiger partial charge in [0.25, 0.3) is 0 Å². The van der Waals surface area contributed by atoms with Gasteiger partial charge in [-0.2, -0.15) is 0 Å². The van der Waals surface area contributed by atoms with E-state index < -0.39 is 0 Å². The minimum absolute atomic E-state index is 0.555. The summed E-state index contributed by atoms with van der Waals surface area (Å²) in [4.78, 5) is 20.7. The molecule has 29 heavy (non-hydrogen) atoms. The van der Waals surface area contributed by atoms with Crippen molar-refractivity contribution in [3.63, 3.8) is 0 Å². The Balaban J connectivity index is 1.16. The van der Waals surface area contributed by atoms with Crippen molar-refractivity contribution >= 4 is 33.1 Å². The molecule has 0 aliphatic heterocycles. The van der Waals surface area contributed by atoms with E-state index in [0.29, 0.717) is 6.04 Å². The number of aromatic nitrogens is 6. The molecule has 5 aromatic rings. The number of hydrogen-bond donors (Lipinski definition) is 1. The molecule has 6 heteroatoms. The number of hydrogen-bond acceptors (Lipinski definition) is 4. The zero-order valence-corrected chi connectivity index (χ0v) is 16.1. The normalized spacial score (nSPS) is 19.6. The van der Waals surface area contributed by atoms with Gasteiger partial charge in [-0.05, 0) is 61.8 Å². The van der Waals surface area contributed by atoms with Crippen LogP contribution in [0.4, 0.5) is 0 Å². The maximum Gasteiger partial charge on any atom is 0.157 e. The number of nitrogens with one attached hydrogen (secondary N) is 1. The van der Waals surface area contributed by atoms with Gasteiger partial charge in [0.05, 0.1) is 11.8 Å². The molecule has 0 spiro atoms. The van der Waals surface area contributed by atoms with Crippen LogP contribution < -0.4 is 0 Å². The molecular formula is C23H22N6. The molecule has 1 fully saturated rings. The minimum atomic E-state index is 0.555. The number of fused-ring (bicyclic) bond motifs is 3. The molecule has 1 saturated carbocycles. The molecule has 4 aromatic heterocycles. The maximum absolute atomic E-state index is 4.72. The monoisotopic (exact) mass is 382 g/mol. The Morgan fingerprint density at radius 2 is 2.03 bits per heavy atom. The number of nitrogens with zero attached hydrogens (tertiary/aromatic N) is 5. The van der Waals surface area contributed by atoms with Crippen LogP contribution in [0.15, 0.2) is 55.4 Å². The molecule has 6 nitrogen and oxygen atoms in total. The van der Waals surface area contributed by atoms with E-state index in [4.69, 9.17) is 4.98 Å². The van der Waals surface area contributed by atoms with Crippen LogP contribution in [-0.2, 0) is 6.42 Å². The highest BCUT2D eigenvalue weighted by Crippen LogP contribution is 2.38. The Morgan fingerprint density at radius 3 is 3.03 bits per heavy atom. The molecule has 144 valence electrons. The van der Waals surface area contributed by atoms with E-state index >= 15 is 0 Å². The highest BCUT2D eigenvalue weighted by atomic mass is 15.1. The lowest BCUT2D eigenvalue weighted by molar-refractivity contribution is 0.461. The van der Waals surface area contributed by atoms with Gasteiger partial charge in [-0.3, -0.25) is 0 Å². The van der Waals surface area contributed by atoms with Crippen LogP contribution in [0, 0.1) is 5.92 Å². The van der Waals surface area contributed by atoms with Gasteiger partial charge in [0.1, 0.15) is 17.5 Å². The van der Waals surface area contributed by atoms with Gasteiger partial charge in [-0.25, -0.2) is 19.9 Å². The number of imidazole rings is 1. The third-order valence-corrected chi connectivity index (χ3v) is 6.39. The number of benzene rings is 1. The number of rotatable bonds is 4. The largest absolute Gasteiger partial charge is 0.329 e. The highest BCUT2D eigenvalue weighted by Gasteiger charge is 2.26. The second kappa shape index (κ2) is 6.65. The van der Waals surface area contributed by atoms with Crippen LogP contribution >= 0.6 is 0 Å². The summed E-state index contributed by atoms with van der Waals surface area (Å²) in [5.74, 6) is 0.762. The fourth-order valence-electron chi connectivity index (χ4n) is 4.85. The first kappa shape index (κ1) is 16.7. The third-order valence-electron chi connectivity index (χ3n) is 6.39. The van der Waals surface area contributed by atoms with Crippen molar-refractivity contribution in [1.29, 1.82) is 0 Å². The molecule has 0 amide bonds. The van der Waals surface area contributed by atoms with Crippen LogP contribution in [-0.4, -0.2) is 29.5 Å². The molecular weight excluding hydrogens is 360 g/mol. The summed E-state index contributed by atoms with van der Waals surface area (Å²) in [6, 6.07) is 11.4. The molecule has 2 atom stereocenters. The van der Waals surface area contributed by atoms with Crippen molar-refractivity contribution < 1.29 is 0 Å². The van der Waals surface area contributed by atoms with Gasteiger partial charge < -0.3 is 9.55 Å². The van der Waals surface area contributed by atoms with E-state index in [0.717, 1.165) is 45.4 Å². The van der Waals surface area contributed by atoms with E-state index in [9.17, 15) is 0 Å². The fraction of sp³-hybridized carbons (Fsp3) is 0.304. The first-order valence-electron chi connectivity index (χ1n) is 10.3. The molecule has 6 rings (SSSR count). The van der Waals surface area contributed by atoms with Crippen molar-refractivity contribution in [2.45, 2.75) is 38.1 Å². The van der Waals surface area contributed by atoms with Gasteiger partial charge in [0.2, 0.25) is 0 Å². The molecule has 0 radical (unpaired) electrons. The molecule has 4 heterocycles. The van der Waals surface area contributed by atoms with Gasteiger partial charge in [-0.15, -0.1) is 0 Å². The minimum Gasteiger partial charge on any atom is -0.329 e. The van der Waals surface area contributed by atoms with Gasteiger partial charge in [-0.1, -0.05) is 12.1 Å². The lowest BCUT2D eigenvalue weighted by Crippen LogP contribution is -2.05. The quantitative estimate of drug-likeness (QED) is 0.483. The van der Waals surface area contributed by atoms with Crippen molar-refractivity contribution in [2.24, 2.45) is 5.92 Å². The van der Waals surface area contributed by atoms with Gasteiger partial charge in [0.15, 0.2) is 5.65 Å². The number of H-pyrrole nitrogens is 1. The van der Waals surface area contributed by atoms with E-state index in [2.05, 4.69) is 61.0 Å². The van der Waals surface area contributed by atoms with Crippen LogP contribution in [0.5, 0.6) is 0 Å². The van der Waals surface area contributed by atoms with Crippen LogP contribution in [0.2, 0.25) is 0 Å². The second-order valence-corrected chi connectivity index (χ2v) is 8.18. The predicted molar refractivity (Wildman–Crippen MR) is 114 cm³/mol. The summed E-state index contributed by atoms with van der Waals surface area (Å²) in [6.45, 7) is 0. The Labute approximate surface area is 168 Å². The van der Waals surface area contributed by atoms with Crippen molar-refractivity contribution in [3.05, 3.63) is 60.9 Å². The Hall–Kier alpha value is -3.28. The predicted octanol–water partition coefficient (Wildman–Crippen LogP) is 4.83. The van der Waals surface area contributed by atoms with E-state index in [-0.39, 0.29) is 0 Å². The van der Waals surface area contributed by atoms with Crippen molar-refractivity contribution in [3.8, 4) is 0 Å². The van der Waals surface area contributed by atoms with Crippen molar-refractivity contribution in [1.82, 2.24) is 29.5 Å². The zero-order valence-electron chi connectivity index (χ0n) is 16.1. The van der Waals surface area contributed by atoms with Crippen LogP contribution in [0.25, 0.3) is 33.1 Å². The first-order valence-corrected chi connectivity index (χ1v) is 10.3. The average Bonchev–Trinajstić information content (AvgIpc) is 3.49. The SMILES string of the molecule is c1ncc2ccn(C3CCC(CCc4ccc5cc6nc[nH]c6nc5c4)C3)c2n1. The van der Waals surface area contributed by atoms with E-state index in [1.54, 1.807) is 12.7 Å². The summed E-state index contributed by atoms with van der Waals surface area (Å²) in [7, 11) is 0. The molecule has 1 aliphatic carbocycles. The Morgan fingerprint density at radius 1 is 1.03 bits per heavy atom. The number of pyridine rings is 1. The Bertz CT molecular complexity index is 1320. The summed E-state index contributed by atoms with van der Waals surface area (Å²) in [5.41, 5.74) is 5.26. The summed E-state index contributed by atoms with van der Waals surface area (Å²) < 4.78 is 2.35. The molecule has 0 bridgehead atoms. The highest BCUT2D eigenvalue weighted by molar-refractivity contribution is 5.89. The standard InChI is InChI=1S/C23H22N6/c1(2-16-3-5-17-11-21-22(26-14-25-21)28-20(17)10-16)15-4-6-19(9-15)29-8-7-18-12-24-13-27-23(18)29/h3,5,7-8,10-15,19H,1-2,4,6,9H2,(H,25,26,28). The van der Waals surface area contributed by atoms with E-state index in [1.165, 1.54) is 31.2 Å².